The van der Waals surface area contributed by atoms with Crippen LogP contribution in [0.5, 0.6) is 0 Å². The van der Waals surface area contributed by atoms with Crippen molar-refractivity contribution in [1.29, 1.82) is 0 Å². The predicted molar refractivity (Wildman–Crippen MR) is 128 cm³/mol. The highest BCUT2D eigenvalue weighted by Gasteiger charge is 2.18. The van der Waals surface area contributed by atoms with E-state index in [1.807, 2.05) is 0 Å². The molecule has 0 amide bonds. The summed E-state index contributed by atoms with van der Waals surface area (Å²) in [6.07, 6.45) is 2.25. The van der Waals surface area contributed by atoms with Crippen LogP contribution >= 0.6 is 0 Å². The smallest absolute Gasteiger partial charge is 0.201 e. The summed E-state index contributed by atoms with van der Waals surface area (Å²) in [6, 6.07) is 24.9. The van der Waals surface area contributed by atoms with E-state index in [-0.39, 0.29) is 0 Å². The summed E-state index contributed by atoms with van der Waals surface area (Å²) in [6.45, 7) is 11.6. The largest absolute Gasteiger partial charge is 0.213 e. The van der Waals surface area contributed by atoms with Gasteiger partial charge >= 0.3 is 0 Å². The van der Waals surface area contributed by atoms with E-state index in [0.717, 1.165) is 0 Å². The van der Waals surface area contributed by atoms with Crippen molar-refractivity contribution in [2.75, 3.05) is 0 Å². The molecule has 29 heavy (non-hydrogen) atoms. The molecular weight excluding hydrogens is 366 g/mol. The van der Waals surface area contributed by atoms with Gasteiger partial charge in [0.1, 0.15) is 7.05 Å². The fourth-order valence-electron chi connectivity index (χ4n) is 4.10. The Hall–Kier alpha value is -2.71. The van der Waals surface area contributed by atoms with Crippen LogP contribution in [0, 0.1) is 13.8 Å². The van der Waals surface area contributed by atoms with Crippen molar-refractivity contribution in [2.45, 2.75) is 33.5 Å². The number of benzene rings is 3. The predicted octanol–water partition coefficient (Wildman–Crippen LogP) is 6.16. The number of aromatic nitrogens is 1. The van der Waals surface area contributed by atoms with Crippen LogP contribution in [0.4, 0.5) is 0 Å². The lowest BCUT2D eigenvalue weighted by molar-refractivity contribution is -0.660. The molecule has 1 aromatic heterocycles. The van der Waals surface area contributed by atoms with Gasteiger partial charge in [0.25, 0.3) is 0 Å². The average Bonchev–Trinajstić information content (AvgIpc) is 2.67. The Bertz CT molecular complexity index is 1220. The minimum Gasteiger partial charge on any atom is -0.201 e. The first-order valence-electron chi connectivity index (χ1n) is 10.3. The van der Waals surface area contributed by atoms with Crippen molar-refractivity contribution in [3.8, 4) is 22.4 Å². The lowest BCUT2D eigenvalue weighted by Gasteiger charge is -2.17. The number of pyridine rings is 1. The van der Waals surface area contributed by atoms with Crippen LogP contribution < -0.4 is 9.75 Å². The number of hydrogen-bond acceptors (Lipinski definition) is 0. The van der Waals surface area contributed by atoms with Gasteiger partial charge in [-0.2, -0.15) is 0 Å². The molecule has 4 rings (SSSR count). The lowest BCUT2D eigenvalue weighted by atomic mass is 9.96. The minimum atomic E-state index is -1.30. The number of fused-ring (bicyclic) bond motifs is 1. The molecule has 146 valence electrons. The van der Waals surface area contributed by atoms with Crippen LogP contribution in [0.3, 0.4) is 0 Å². The Kier molecular flexibility index (Phi) is 4.91. The van der Waals surface area contributed by atoms with E-state index in [0.29, 0.717) is 0 Å². The first-order chi connectivity index (χ1) is 13.7. The summed E-state index contributed by atoms with van der Waals surface area (Å²) in [5.41, 5.74) is 7.72. The molecule has 1 heterocycles. The van der Waals surface area contributed by atoms with Crippen molar-refractivity contribution in [3.05, 3.63) is 84.1 Å². The van der Waals surface area contributed by atoms with Crippen LogP contribution in [0.1, 0.15) is 11.1 Å². The Morgan fingerprint density at radius 2 is 1.38 bits per heavy atom. The molecule has 0 saturated heterocycles. The molecular formula is C27H30NSi+. The Labute approximate surface area is 175 Å². The van der Waals surface area contributed by atoms with Crippen LogP contribution in [0.15, 0.2) is 72.9 Å². The number of aryl methyl sites for hydroxylation is 3. The number of hydrogen-bond donors (Lipinski definition) is 0. The third-order valence-corrected chi connectivity index (χ3v) is 7.95. The van der Waals surface area contributed by atoms with Gasteiger partial charge < -0.3 is 0 Å². The number of nitrogens with zero attached hydrogens (tertiary/aromatic N) is 1. The van der Waals surface area contributed by atoms with E-state index in [1.54, 1.807) is 0 Å². The quantitative estimate of drug-likeness (QED) is 0.288. The molecule has 0 spiro atoms. The van der Waals surface area contributed by atoms with Crippen LogP contribution in [0.2, 0.25) is 19.6 Å². The molecule has 0 aliphatic heterocycles. The summed E-state index contributed by atoms with van der Waals surface area (Å²) >= 11 is 0. The van der Waals surface area contributed by atoms with E-state index in [9.17, 15) is 0 Å². The van der Waals surface area contributed by atoms with Crippen LogP contribution in [0.25, 0.3) is 33.2 Å². The van der Waals surface area contributed by atoms with Gasteiger partial charge in [-0.25, -0.2) is 4.57 Å². The topological polar surface area (TPSA) is 3.88 Å². The zero-order valence-corrected chi connectivity index (χ0v) is 19.4. The Morgan fingerprint density at radius 3 is 2.10 bits per heavy atom. The Balaban J connectivity index is 1.85. The van der Waals surface area contributed by atoms with Gasteiger partial charge in [0.2, 0.25) is 5.69 Å². The molecule has 3 aromatic carbocycles. The monoisotopic (exact) mass is 396 g/mol. The molecule has 1 nitrogen and oxygen atoms in total. The van der Waals surface area contributed by atoms with Gasteiger partial charge in [0.05, 0.1) is 8.07 Å². The first-order valence-corrected chi connectivity index (χ1v) is 13.8. The molecule has 0 saturated carbocycles. The van der Waals surface area contributed by atoms with Crippen molar-refractivity contribution in [1.82, 2.24) is 0 Å². The molecule has 0 N–H and O–H groups in total. The fraction of sp³-hybridized carbons (Fsp3) is 0.222. The normalized spacial score (nSPS) is 11.8. The van der Waals surface area contributed by atoms with E-state index in [4.69, 9.17) is 0 Å². The maximum absolute atomic E-state index is 2.41. The SMILES string of the molecule is Cc1c[n+](C)c(-c2ccccc2C)cc1-c1ccc2cc([Si](C)(C)C)ccc2c1. The number of rotatable bonds is 3. The highest BCUT2D eigenvalue weighted by atomic mass is 28.3. The molecule has 0 unspecified atom stereocenters. The summed E-state index contributed by atoms with van der Waals surface area (Å²) in [7, 11) is 0.839. The van der Waals surface area contributed by atoms with Crippen molar-refractivity contribution < 1.29 is 4.57 Å². The van der Waals surface area contributed by atoms with Gasteiger partial charge in [-0.1, -0.05) is 73.4 Å². The van der Waals surface area contributed by atoms with Gasteiger partial charge in [-0.3, -0.25) is 0 Å². The minimum absolute atomic E-state index is 1.25. The third kappa shape index (κ3) is 3.77. The fourth-order valence-corrected chi connectivity index (χ4v) is 5.27. The van der Waals surface area contributed by atoms with Crippen molar-refractivity contribution in [3.63, 3.8) is 0 Å². The highest BCUT2D eigenvalue weighted by molar-refractivity contribution is 6.88. The maximum Gasteiger partial charge on any atom is 0.213 e. The lowest BCUT2D eigenvalue weighted by Crippen LogP contribution is -2.37. The zero-order valence-electron chi connectivity index (χ0n) is 18.4. The Morgan fingerprint density at radius 1 is 0.690 bits per heavy atom. The molecule has 0 bridgehead atoms. The third-order valence-electron chi connectivity index (χ3n) is 5.91. The van der Waals surface area contributed by atoms with E-state index < -0.39 is 8.07 Å². The molecule has 2 heteroatoms. The van der Waals surface area contributed by atoms with Gasteiger partial charge in [-0.15, -0.1) is 0 Å². The van der Waals surface area contributed by atoms with Crippen LogP contribution in [-0.4, -0.2) is 8.07 Å². The highest BCUT2D eigenvalue weighted by Crippen LogP contribution is 2.30. The molecule has 4 aromatic rings. The first kappa shape index (κ1) is 19.6. The van der Waals surface area contributed by atoms with Gasteiger partial charge in [0.15, 0.2) is 6.20 Å². The molecule has 0 fully saturated rings. The second-order valence-electron chi connectivity index (χ2n) is 9.21. The van der Waals surface area contributed by atoms with Gasteiger partial charge in [0, 0.05) is 17.2 Å². The molecule has 0 aliphatic rings. The van der Waals surface area contributed by atoms with Crippen LogP contribution in [-0.2, 0) is 7.05 Å². The summed E-state index contributed by atoms with van der Waals surface area (Å²) in [4.78, 5) is 0. The summed E-state index contributed by atoms with van der Waals surface area (Å²) in [5, 5.41) is 4.17. The van der Waals surface area contributed by atoms with E-state index >= 15 is 0 Å². The second kappa shape index (κ2) is 7.27. The van der Waals surface area contributed by atoms with Gasteiger partial charge in [-0.05, 0) is 53.4 Å². The molecule has 0 aliphatic carbocycles. The summed E-state index contributed by atoms with van der Waals surface area (Å²) < 4.78 is 2.24. The second-order valence-corrected chi connectivity index (χ2v) is 14.3. The summed E-state index contributed by atoms with van der Waals surface area (Å²) in [5.74, 6) is 0. The van der Waals surface area contributed by atoms with Crippen molar-refractivity contribution >= 4 is 24.0 Å². The average molecular weight is 397 g/mol. The molecule has 0 atom stereocenters. The standard InChI is InChI=1S/C27H30NSi/c1-19-9-7-8-10-25(19)27-17-26(20(2)18-28(27)3)23-12-11-22-16-24(29(4,5)6)14-13-21(22)15-23/h7-18H,1-6H3/q+1. The van der Waals surface area contributed by atoms with E-state index in [1.165, 1.54) is 49.5 Å². The maximum atomic E-state index is 2.41. The zero-order chi connectivity index (χ0) is 20.8. The van der Waals surface area contributed by atoms with Crippen molar-refractivity contribution in [2.24, 2.45) is 7.05 Å². The molecule has 0 radical (unpaired) electrons. The van der Waals surface area contributed by atoms with E-state index in [2.05, 4.69) is 118 Å².